The summed E-state index contributed by atoms with van der Waals surface area (Å²) in [6, 6.07) is 10.7. The number of pyridine rings is 1. The van der Waals surface area contributed by atoms with Gasteiger partial charge < -0.3 is 19.2 Å². The molecule has 0 amide bonds. The van der Waals surface area contributed by atoms with E-state index in [0.717, 1.165) is 17.4 Å². The van der Waals surface area contributed by atoms with E-state index >= 15 is 0 Å². The number of H-pyrrole nitrogens is 1. The van der Waals surface area contributed by atoms with Gasteiger partial charge in [-0.25, -0.2) is 0 Å². The topological polar surface area (TPSA) is 113 Å². The Morgan fingerprint density at radius 1 is 1.07 bits per heavy atom. The molecule has 0 radical (unpaired) electrons. The maximum absolute atomic E-state index is 13.3. The Bertz CT molecular complexity index is 1690. The van der Waals surface area contributed by atoms with Gasteiger partial charge in [0.1, 0.15) is 12.6 Å². The van der Waals surface area contributed by atoms with Crippen molar-refractivity contribution in [3.63, 3.8) is 0 Å². The second kappa shape index (κ2) is 12.3. The number of ether oxygens (including phenoxy) is 3. The zero-order valence-corrected chi connectivity index (χ0v) is 22.8. The molecular formula is C28H23Cl2F2N3O6. The number of carbonyl (C=O) groups is 1. The first-order chi connectivity index (χ1) is 19.7. The summed E-state index contributed by atoms with van der Waals surface area (Å²) in [6.45, 7) is -3.34. The number of aromatic amines is 1. The zero-order valence-electron chi connectivity index (χ0n) is 21.3. The number of aromatic nitrogens is 3. The molecular weight excluding hydrogens is 583 g/mol. The summed E-state index contributed by atoms with van der Waals surface area (Å²) in [7, 11) is 0. The van der Waals surface area contributed by atoms with Gasteiger partial charge in [-0.05, 0) is 54.2 Å². The smallest absolute Gasteiger partial charge is 0.387 e. The SMILES string of the molecule is O=C(Cn1c(=O)c(=O)[nH]c2ccccc21)O[C@@H](Cc1c(Cl)cncc1Cl)c1ccc(OC(F)F)c(OCC2CC2)c1. The van der Waals surface area contributed by atoms with E-state index < -0.39 is 36.3 Å². The van der Waals surface area contributed by atoms with Crippen molar-refractivity contribution in [2.75, 3.05) is 6.61 Å². The summed E-state index contributed by atoms with van der Waals surface area (Å²) < 4.78 is 43.4. The molecule has 1 aliphatic carbocycles. The lowest BCUT2D eigenvalue weighted by Crippen LogP contribution is -2.38. The van der Waals surface area contributed by atoms with Gasteiger partial charge in [0.15, 0.2) is 11.5 Å². The van der Waals surface area contributed by atoms with Crippen molar-refractivity contribution in [1.29, 1.82) is 0 Å². The van der Waals surface area contributed by atoms with Gasteiger partial charge in [-0.3, -0.25) is 23.9 Å². The lowest BCUT2D eigenvalue weighted by molar-refractivity contribution is -0.150. The average Bonchev–Trinajstić information content (AvgIpc) is 3.76. The maximum Gasteiger partial charge on any atom is 0.387 e. The lowest BCUT2D eigenvalue weighted by atomic mass is 10.0. The molecule has 0 aliphatic heterocycles. The molecule has 0 saturated heterocycles. The minimum Gasteiger partial charge on any atom is -0.489 e. The van der Waals surface area contributed by atoms with Crippen molar-refractivity contribution in [3.8, 4) is 11.5 Å². The van der Waals surface area contributed by atoms with Crippen LogP contribution in [0.2, 0.25) is 10.0 Å². The highest BCUT2D eigenvalue weighted by atomic mass is 35.5. The number of hydrogen-bond acceptors (Lipinski definition) is 7. The molecule has 2 aromatic carbocycles. The third kappa shape index (κ3) is 6.86. The van der Waals surface area contributed by atoms with Crippen molar-refractivity contribution in [1.82, 2.24) is 14.5 Å². The van der Waals surface area contributed by atoms with Gasteiger partial charge in [-0.2, -0.15) is 8.78 Å². The van der Waals surface area contributed by atoms with Crippen LogP contribution in [0.4, 0.5) is 8.78 Å². The Morgan fingerprint density at radius 2 is 1.80 bits per heavy atom. The predicted octanol–water partition coefficient (Wildman–Crippen LogP) is 5.31. The first kappa shape index (κ1) is 28.6. The zero-order chi connectivity index (χ0) is 29.1. The minimum absolute atomic E-state index is 0.0198. The van der Waals surface area contributed by atoms with Crippen LogP contribution in [-0.4, -0.2) is 33.7 Å². The fourth-order valence-electron chi connectivity index (χ4n) is 4.27. The van der Waals surface area contributed by atoms with E-state index in [2.05, 4.69) is 14.7 Å². The van der Waals surface area contributed by atoms with E-state index in [-0.39, 0.29) is 28.0 Å². The van der Waals surface area contributed by atoms with Crippen molar-refractivity contribution >= 4 is 40.2 Å². The average molecular weight is 606 g/mol. The van der Waals surface area contributed by atoms with Gasteiger partial charge in [0.25, 0.3) is 0 Å². The van der Waals surface area contributed by atoms with Gasteiger partial charge in [0.2, 0.25) is 0 Å². The molecule has 1 aliphatic rings. The van der Waals surface area contributed by atoms with E-state index in [4.69, 9.17) is 32.7 Å². The highest BCUT2D eigenvalue weighted by Crippen LogP contribution is 2.38. The Hall–Kier alpha value is -3.96. The number of carbonyl (C=O) groups excluding carboxylic acids is 1. The number of fused-ring (bicyclic) bond motifs is 1. The van der Waals surface area contributed by atoms with Gasteiger partial charge in [0.05, 0.1) is 27.7 Å². The number of rotatable bonds is 11. The fourth-order valence-corrected chi connectivity index (χ4v) is 4.79. The van der Waals surface area contributed by atoms with Crippen molar-refractivity contribution < 1.29 is 27.8 Å². The Balaban J connectivity index is 1.49. The van der Waals surface area contributed by atoms with Gasteiger partial charge in [0, 0.05) is 18.8 Å². The first-order valence-electron chi connectivity index (χ1n) is 12.6. The summed E-state index contributed by atoms with van der Waals surface area (Å²) in [4.78, 5) is 44.5. The number of nitrogens with zero attached hydrogens (tertiary/aromatic N) is 2. The molecule has 214 valence electrons. The summed E-state index contributed by atoms with van der Waals surface area (Å²) in [5.41, 5.74) is -0.331. The Labute approximate surface area is 241 Å². The number of nitrogens with one attached hydrogen (secondary N) is 1. The quantitative estimate of drug-likeness (QED) is 0.182. The maximum atomic E-state index is 13.3. The largest absolute Gasteiger partial charge is 0.489 e. The number of halogens is 4. The molecule has 5 rings (SSSR count). The van der Waals surface area contributed by atoms with E-state index in [1.165, 1.54) is 30.6 Å². The normalized spacial score (nSPS) is 13.8. The monoisotopic (exact) mass is 605 g/mol. The fraction of sp³-hybridized carbons (Fsp3) is 0.286. The van der Waals surface area contributed by atoms with Crippen LogP contribution in [-0.2, 0) is 22.5 Å². The second-order valence-corrected chi connectivity index (χ2v) is 10.3. The minimum atomic E-state index is -3.07. The first-order valence-corrected chi connectivity index (χ1v) is 13.4. The number of alkyl halides is 2. The van der Waals surface area contributed by atoms with Crippen LogP contribution in [0.3, 0.4) is 0 Å². The molecule has 9 nitrogen and oxygen atoms in total. The highest BCUT2D eigenvalue weighted by molar-refractivity contribution is 6.35. The van der Waals surface area contributed by atoms with Gasteiger partial charge >= 0.3 is 23.7 Å². The summed E-state index contributed by atoms with van der Waals surface area (Å²) in [6.07, 6.45) is 3.64. The molecule has 1 saturated carbocycles. The van der Waals surface area contributed by atoms with Crippen molar-refractivity contribution in [2.24, 2.45) is 5.92 Å². The second-order valence-electron chi connectivity index (χ2n) is 9.47. The molecule has 1 fully saturated rings. The molecule has 2 aromatic heterocycles. The van der Waals surface area contributed by atoms with Gasteiger partial charge in [-0.1, -0.05) is 41.4 Å². The molecule has 0 unspecified atom stereocenters. The molecule has 1 N–H and O–H groups in total. The van der Waals surface area contributed by atoms with Crippen molar-refractivity contribution in [3.05, 3.63) is 96.7 Å². The van der Waals surface area contributed by atoms with Crippen LogP contribution in [0.15, 0.2) is 64.4 Å². The molecule has 0 bridgehead atoms. The number of esters is 1. The number of para-hydroxylation sites is 2. The Kier molecular flexibility index (Phi) is 8.55. The molecule has 13 heteroatoms. The summed E-state index contributed by atoms with van der Waals surface area (Å²) in [5, 5.41) is 0.441. The summed E-state index contributed by atoms with van der Waals surface area (Å²) >= 11 is 12.7. The van der Waals surface area contributed by atoms with Crippen LogP contribution in [0.1, 0.15) is 30.1 Å². The van der Waals surface area contributed by atoms with Crippen LogP contribution in [0, 0.1) is 5.92 Å². The molecule has 2 heterocycles. The van der Waals surface area contributed by atoms with E-state index in [9.17, 15) is 23.2 Å². The number of hydrogen-bond donors (Lipinski definition) is 1. The van der Waals surface area contributed by atoms with E-state index in [1.54, 1.807) is 24.3 Å². The van der Waals surface area contributed by atoms with E-state index in [1.807, 2.05) is 0 Å². The third-order valence-electron chi connectivity index (χ3n) is 6.51. The third-order valence-corrected chi connectivity index (χ3v) is 7.16. The van der Waals surface area contributed by atoms with Crippen LogP contribution in [0.25, 0.3) is 11.0 Å². The molecule has 0 spiro atoms. The predicted molar refractivity (Wildman–Crippen MR) is 147 cm³/mol. The lowest BCUT2D eigenvalue weighted by Gasteiger charge is -2.22. The summed E-state index contributed by atoms with van der Waals surface area (Å²) in [5.74, 6) is -0.638. The van der Waals surface area contributed by atoms with Crippen LogP contribution >= 0.6 is 23.2 Å². The van der Waals surface area contributed by atoms with Crippen LogP contribution < -0.4 is 20.6 Å². The highest BCUT2D eigenvalue weighted by Gasteiger charge is 2.26. The van der Waals surface area contributed by atoms with Crippen molar-refractivity contribution in [2.45, 2.75) is 38.5 Å². The van der Waals surface area contributed by atoms with E-state index in [0.29, 0.717) is 34.7 Å². The molecule has 4 aromatic rings. The molecule has 1 atom stereocenters. The standard InChI is InChI=1S/C28H23Cl2F2N3O6/c29-18-11-33-12-19(30)17(18)10-23(16-7-8-22(41-28(31)32)24(9-16)39-14-15-5-6-15)40-25(36)13-35-21-4-2-1-3-20(21)34-26(37)27(35)38/h1-4,7-9,11-12,15,23,28H,5-6,10,13-14H2,(H,34,37)/t23-/m0/s1. The van der Waals surface area contributed by atoms with Crippen LogP contribution in [0.5, 0.6) is 11.5 Å². The van der Waals surface area contributed by atoms with Gasteiger partial charge in [-0.15, -0.1) is 0 Å². The number of benzene rings is 2. The Morgan fingerprint density at radius 3 is 2.51 bits per heavy atom. The molecule has 41 heavy (non-hydrogen) atoms.